The number of carbonyl (C=O) groups is 2. The molecule has 42 valence electrons. The predicted molar refractivity (Wildman–Crippen MR) is 23.0 cm³/mol. The normalized spacial score (nSPS) is 6.50. The monoisotopic (exact) mass is 116 g/mol. The third-order valence-corrected chi connectivity index (χ3v) is 0.276. The van der Waals surface area contributed by atoms with Gasteiger partial charge in [-0.25, -0.2) is 9.59 Å². The minimum absolute atomic E-state index is 1.41. The zero-order valence-corrected chi connectivity index (χ0v) is 3.71. The summed E-state index contributed by atoms with van der Waals surface area (Å²) >= 11 is 0. The molecule has 2 N–H and O–H groups in total. The van der Waals surface area contributed by atoms with E-state index in [9.17, 15) is 9.59 Å². The van der Waals surface area contributed by atoms with Crippen molar-refractivity contribution in [1.82, 2.24) is 0 Å². The Balaban J connectivity index is 3.87. The number of carboxylic acid groups (broad SMARTS) is 2. The van der Waals surface area contributed by atoms with Gasteiger partial charge in [-0.3, -0.25) is 0 Å². The maximum atomic E-state index is 9.47. The van der Waals surface area contributed by atoms with Crippen LogP contribution in [-0.4, -0.2) is 22.2 Å². The van der Waals surface area contributed by atoms with E-state index in [0.717, 1.165) is 0 Å². The van der Waals surface area contributed by atoms with Crippen molar-refractivity contribution in [2.45, 2.75) is 0 Å². The summed E-state index contributed by atoms with van der Waals surface area (Å²) in [5.41, 5.74) is 0. The molecular weight excluding hydrogens is 114 g/mol. The number of hydrogen-bond donors (Lipinski definition) is 2. The van der Waals surface area contributed by atoms with E-state index in [4.69, 9.17) is 10.2 Å². The summed E-state index contributed by atoms with van der Waals surface area (Å²) < 4.78 is 0. The SMILES string of the molecule is O=C(O)[13C]#[13C]C(=O)O. The lowest BCUT2D eigenvalue weighted by Gasteiger charge is -1.68. The first kappa shape index (κ1) is 6.50. The smallest absolute Gasteiger partial charge is 0.382 e. The molecule has 0 saturated carbocycles. The fraction of sp³-hybridized carbons (Fsp3) is 0. The first-order valence-electron chi connectivity index (χ1n) is 1.61. The van der Waals surface area contributed by atoms with Crippen LogP contribution in [0.4, 0.5) is 0 Å². The highest BCUT2D eigenvalue weighted by Gasteiger charge is 1.86. The van der Waals surface area contributed by atoms with Crippen molar-refractivity contribution >= 4 is 11.9 Å². The zero-order chi connectivity index (χ0) is 6.57. The summed E-state index contributed by atoms with van der Waals surface area (Å²) in [7, 11) is 0. The van der Waals surface area contributed by atoms with Crippen LogP contribution in [0.25, 0.3) is 0 Å². The molecule has 8 heavy (non-hydrogen) atoms. The largest absolute Gasteiger partial charge is 0.472 e. The standard InChI is InChI=1S/C4H2O4/c5-3(6)1-2-4(7)8/h(H,5,6)(H,7,8)/i1+1,2+1. The van der Waals surface area contributed by atoms with Gasteiger partial charge in [-0.1, -0.05) is 0 Å². The van der Waals surface area contributed by atoms with E-state index in [1.165, 1.54) is 11.8 Å². The van der Waals surface area contributed by atoms with Crippen molar-refractivity contribution in [3.8, 4) is 11.8 Å². The van der Waals surface area contributed by atoms with Crippen LogP contribution in [0.2, 0.25) is 0 Å². The summed E-state index contributed by atoms with van der Waals surface area (Å²) in [4.78, 5) is 18.9. The number of rotatable bonds is 0. The van der Waals surface area contributed by atoms with Gasteiger partial charge >= 0.3 is 11.9 Å². The summed E-state index contributed by atoms with van der Waals surface area (Å²) in [5, 5.41) is 15.5. The third kappa shape index (κ3) is 4.50. The molecule has 4 heteroatoms. The lowest BCUT2D eigenvalue weighted by molar-refractivity contribution is -0.132. The van der Waals surface area contributed by atoms with Gasteiger partial charge in [0.15, 0.2) is 0 Å². The molecule has 0 aliphatic carbocycles. The molecule has 0 rings (SSSR count). The molecule has 0 atom stereocenters. The first-order valence-corrected chi connectivity index (χ1v) is 1.61. The van der Waals surface area contributed by atoms with E-state index >= 15 is 0 Å². The van der Waals surface area contributed by atoms with Gasteiger partial charge in [-0.15, -0.1) is 0 Å². The Morgan fingerprint density at radius 2 is 1.25 bits per heavy atom. The van der Waals surface area contributed by atoms with Gasteiger partial charge in [0.25, 0.3) is 0 Å². The van der Waals surface area contributed by atoms with Crippen LogP contribution >= 0.6 is 0 Å². The Labute approximate surface area is 44.7 Å². The lowest BCUT2D eigenvalue weighted by atomic mass is 11.0. The molecule has 0 fully saturated rings. The van der Waals surface area contributed by atoms with Crippen molar-refractivity contribution < 1.29 is 19.8 Å². The minimum Gasteiger partial charge on any atom is -0.472 e. The number of hydrogen-bond acceptors (Lipinski definition) is 2. The molecule has 0 aromatic carbocycles. The van der Waals surface area contributed by atoms with E-state index < -0.39 is 11.9 Å². The van der Waals surface area contributed by atoms with Crippen molar-refractivity contribution in [2.75, 3.05) is 0 Å². The van der Waals surface area contributed by atoms with Crippen LogP contribution in [0.1, 0.15) is 0 Å². The molecule has 4 nitrogen and oxygen atoms in total. The predicted octanol–water partition coefficient (Wildman–Crippen LogP) is -0.841. The van der Waals surface area contributed by atoms with E-state index in [-0.39, 0.29) is 0 Å². The maximum Gasteiger partial charge on any atom is 0.382 e. The van der Waals surface area contributed by atoms with E-state index in [2.05, 4.69) is 0 Å². The van der Waals surface area contributed by atoms with E-state index in [0.29, 0.717) is 0 Å². The van der Waals surface area contributed by atoms with Gasteiger partial charge < -0.3 is 10.2 Å². The Morgan fingerprint density at radius 3 is 1.38 bits per heavy atom. The molecule has 0 unspecified atom stereocenters. The minimum atomic E-state index is -1.44. The van der Waals surface area contributed by atoms with Crippen molar-refractivity contribution in [1.29, 1.82) is 0 Å². The highest BCUT2D eigenvalue weighted by atomic mass is 16.4. The van der Waals surface area contributed by atoms with Gasteiger partial charge in [0.1, 0.15) is 0 Å². The fourth-order valence-electron chi connectivity index (χ4n) is 0.107. The number of aliphatic carboxylic acids is 2. The summed E-state index contributed by atoms with van der Waals surface area (Å²) in [6.45, 7) is 0. The van der Waals surface area contributed by atoms with Gasteiger partial charge in [0.2, 0.25) is 0 Å². The molecule has 0 aliphatic heterocycles. The van der Waals surface area contributed by atoms with Crippen LogP contribution in [0.15, 0.2) is 0 Å². The van der Waals surface area contributed by atoms with Crippen LogP contribution < -0.4 is 0 Å². The highest BCUT2D eigenvalue weighted by Crippen LogP contribution is 1.57. The van der Waals surface area contributed by atoms with Crippen LogP contribution in [0, 0.1) is 11.8 Å². The quantitative estimate of drug-likeness (QED) is 0.319. The Kier molecular flexibility index (Phi) is 2.14. The topological polar surface area (TPSA) is 74.6 Å². The van der Waals surface area contributed by atoms with Crippen LogP contribution in [0.3, 0.4) is 0 Å². The molecule has 0 radical (unpaired) electrons. The lowest BCUT2D eigenvalue weighted by Crippen LogP contribution is -1.92. The van der Waals surface area contributed by atoms with Crippen LogP contribution in [0.5, 0.6) is 0 Å². The second-order valence-corrected chi connectivity index (χ2v) is 0.860. The molecule has 0 spiro atoms. The summed E-state index contributed by atoms with van der Waals surface area (Å²) in [6.07, 6.45) is 0. The molecule has 0 amide bonds. The molecule has 0 aromatic rings. The molecule has 0 bridgehead atoms. The van der Waals surface area contributed by atoms with Gasteiger partial charge in [-0.05, 0) is 0 Å². The molecule has 0 saturated heterocycles. The van der Waals surface area contributed by atoms with E-state index in [1.807, 2.05) is 0 Å². The van der Waals surface area contributed by atoms with Crippen molar-refractivity contribution in [3.63, 3.8) is 0 Å². The first-order chi connectivity index (χ1) is 3.63. The average molecular weight is 116 g/mol. The van der Waals surface area contributed by atoms with Crippen molar-refractivity contribution in [2.24, 2.45) is 0 Å². The summed E-state index contributed by atoms with van der Waals surface area (Å²) in [6, 6.07) is 0. The Morgan fingerprint density at radius 1 is 1.00 bits per heavy atom. The Bertz CT molecular complexity index is 152. The highest BCUT2D eigenvalue weighted by molar-refractivity contribution is 5.96. The zero-order valence-electron chi connectivity index (χ0n) is 3.71. The number of carboxylic acids is 2. The van der Waals surface area contributed by atoms with Gasteiger partial charge in [0.05, 0.1) is 0 Å². The van der Waals surface area contributed by atoms with Crippen LogP contribution in [-0.2, 0) is 9.59 Å². The average Bonchev–Trinajstić information content (AvgIpc) is 1.61. The molecule has 0 aliphatic rings. The molecular formula is C4H2O4. The second kappa shape index (κ2) is 2.64. The fourth-order valence-corrected chi connectivity index (χ4v) is 0.107. The van der Waals surface area contributed by atoms with Crippen molar-refractivity contribution in [3.05, 3.63) is 0 Å². The summed E-state index contributed by atoms with van der Waals surface area (Å²) in [5.74, 6) is -0.0511. The van der Waals surface area contributed by atoms with E-state index in [1.54, 1.807) is 0 Å². The third-order valence-electron chi connectivity index (χ3n) is 0.276. The molecule has 0 heterocycles. The maximum absolute atomic E-state index is 9.47. The molecule has 0 aromatic heterocycles. The Hall–Kier alpha value is -1.50. The van der Waals surface area contributed by atoms with Gasteiger partial charge in [-0.2, -0.15) is 0 Å². The second-order valence-electron chi connectivity index (χ2n) is 0.860. The van der Waals surface area contributed by atoms with Gasteiger partial charge in [0, 0.05) is 11.8 Å².